The lowest BCUT2D eigenvalue weighted by atomic mass is 9.92. The third-order valence-electron chi connectivity index (χ3n) is 11.6. The number of nitrogens with zero attached hydrogens (tertiary/aromatic N) is 4. The Morgan fingerprint density at radius 2 is 1.03 bits per heavy atom. The average Bonchev–Trinajstić information content (AvgIpc) is 4.10. The Hall–Kier alpha value is -7.22. The largest absolute Gasteiger partial charge is 0.431 e. The Balaban J connectivity index is 0.967. The fourth-order valence-corrected chi connectivity index (χ4v) is 8.49. The lowest BCUT2D eigenvalue weighted by Gasteiger charge is -2.27. The number of ether oxygens (including phenoxy) is 2. The lowest BCUT2D eigenvalue weighted by Crippen LogP contribution is -2.37. The molecule has 8 rings (SSSR count). The molecule has 0 bridgehead atoms. The highest BCUT2D eigenvalue weighted by atomic mass is 16.6. The van der Waals surface area contributed by atoms with Crippen LogP contribution < -0.4 is 11.5 Å². The number of benzene rings is 4. The maximum absolute atomic E-state index is 13.8. The normalized spacial score (nSPS) is 17.3. The highest BCUT2D eigenvalue weighted by Crippen LogP contribution is 2.38. The Morgan fingerprint density at radius 1 is 0.600 bits per heavy atom. The van der Waals surface area contributed by atoms with E-state index >= 15 is 0 Å². The van der Waals surface area contributed by atoms with Crippen molar-refractivity contribution in [1.82, 2.24) is 29.7 Å². The van der Waals surface area contributed by atoms with Crippen molar-refractivity contribution in [3.63, 3.8) is 0 Å². The standard InChI is InChI=1S/C46H46N8O6/c1-27-28(2)34(36-26-50-42(52-36)38-16-10-24-54(38)44(56)40(60-46(48)58)32-13-7-4-8-14-32)22-21-33(27)29-17-19-30(20-18-29)35-25-49-41(51-35)37-15-9-23-53(37)43(55)39(59-45(47)57)31-11-5-3-6-12-31/h3-8,11-14,17-22,25-26,37-40H,9-10,15-16,23-24H2,1-2H3,(H2,47,57)(H2,48,58)(H,49,51)(H,50,52)/t37?,38?,39-,40-/m0/s1. The SMILES string of the molecule is Cc1c(-c2ccc(-c3cnc(C4CCCN4C(=O)[C@@H](OC(N)=O)c4ccccc4)[nH]3)cc2)ccc(-c2cnc(C3CCCN3C(=O)[C@@H](OC(N)=O)c3ccccc3)[nH]2)c1C. The molecule has 4 aromatic carbocycles. The summed E-state index contributed by atoms with van der Waals surface area (Å²) in [6.45, 7) is 5.20. The van der Waals surface area contributed by atoms with E-state index in [1.807, 2.05) is 24.3 Å². The summed E-state index contributed by atoms with van der Waals surface area (Å²) in [5.74, 6) is 0.652. The second kappa shape index (κ2) is 16.9. The highest BCUT2D eigenvalue weighted by Gasteiger charge is 2.39. The average molecular weight is 807 g/mol. The molecule has 0 radical (unpaired) electrons. The van der Waals surface area contributed by atoms with Crippen molar-refractivity contribution in [3.05, 3.63) is 143 Å². The molecule has 6 N–H and O–H groups in total. The molecule has 2 aliphatic rings. The Morgan fingerprint density at radius 3 is 1.53 bits per heavy atom. The van der Waals surface area contributed by atoms with E-state index in [0.29, 0.717) is 48.7 Å². The fraction of sp³-hybridized carbons (Fsp3) is 0.261. The summed E-state index contributed by atoms with van der Waals surface area (Å²) in [6.07, 6.45) is 2.26. The van der Waals surface area contributed by atoms with Crippen LogP contribution in [0, 0.1) is 13.8 Å². The third kappa shape index (κ3) is 7.95. The predicted octanol–water partition coefficient (Wildman–Crippen LogP) is 7.75. The Labute approximate surface area is 346 Å². The van der Waals surface area contributed by atoms with Crippen LogP contribution in [0.15, 0.2) is 109 Å². The van der Waals surface area contributed by atoms with Crippen LogP contribution in [0.3, 0.4) is 0 Å². The van der Waals surface area contributed by atoms with Crippen LogP contribution in [0.5, 0.6) is 0 Å². The first-order valence-electron chi connectivity index (χ1n) is 20.0. The molecule has 0 spiro atoms. The van der Waals surface area contributed by atoms with E-state index in [4.69, 9.17) is 25.9 Å². The maximum Gasteiger partial charge on any atom is 0.405 e. The molecule has 2 saturated heterocycles. The van der Waals surface area contributed by atoms with E-state index in [0.717, 1.165) is 57.6 Å². The van der Waals surface area contributed by atoms with Gasteiger partial charge in [0.2, 0.25) is 12.2 Å². The first-order chi connectivity index (χ1) is 29.1. The van der Waals surface area contributed by atoms with Gasteiger partial charge in [-0.1, -0.05) is 97.1 Å². The van der Waals surface area contributed by atoms with Gasteiger partial charge in [0.05, 0.1) is 35.9 Å². The number of primary amides is 2. The van der Waals surface area contributed by atoms with Crippen molar-refractivity contribution >= 4 is 24.0 Å². The number of amides is 4. The Bertz CT molecular complexity index is 2520. The summed E-state index contributed by atoms with van der Waals surface area (Å²) >= 11 is 0. The van der Waals surface area contributed by atoms with Gasteiger partial charge in [-0.25, -0.2) is 19.6 Å². The number of hydrogen-bond donors (Lipinski definition) is 4. The van der Waals surface area contributed by atoms with E-state index in [9.17, 15) is 19.2 Å². The van der Waals surface area contributed by atoms with E-state index < -0.39 is 24.4 Å². The summed E-state index contributed by atoms with van der Waals surface area (Å²) < 4.78 is 10.6. The molecule has 2 unspecified atom stereocenters. The number of carbonyl (C=O) groups is 4. The van der Waals surface area contributed by atoms with Crippen LogP contribution in [-0.2, 0) is 19.1 Å². The topological polar surface area (TPSA) is 203 Å². The first kappa shape index (κ1) is 39.6. The predicted molar refractivity (Wildman–Crippen MR) is 224 cm³/mol. The number of rotatable bonds is 11. The number of aromatic nitrogens is 4. The van der Waals surface area contributed by atoms with Gasteiger partial charge in [-0.3, -0.25) is 9.59 Å². The molecule has 0 saturated carbocycles. The number of H-pyrrole nitrogens is 2. The fourth-order valence-electron chi connectivity index (χ4n) is 8.49. The molecule has 4 atom stereocenters. The minimum absolute atomic E-state index is 0.308. The molecule has 0 aliphatic carbocycles. The zero-order chi connectivity index (χ0) is 41.9. The molecule has 60 heavy (non-hydrogen) atoms. The van der Waals surface area contributed by atoms with E-state index in [-0.39, 0.29) is 23.9 Å². The first-order valence-corrected chi connectivity index (χ1v) is 20.0. The monoisotopic (exact) mass is 806 g/mol. The zero-order valence-electron chi connectivity index (χ0n) is 33.3. The maximum atomic E-state index is 13.8. The van der Waals surface area contributed by atoms with Gasteiger partial charge in [0.25, 0.3) is 11.8 Å². The summed E-state index contributed by atoms with van der Waals surface area (Å²) in [7, 11) is 0. The van der Waals surface area contributed by atoms with Gasteiger partial charge in [0, 0.05) is 29.8 Å². The van der Waals surface area contributed by atoms with Crippen molar-refractivity contribution in [2.45, 2.75) is 63.8 Å². The van der Waals surface area contributed by atoms with Gasteiger partial charge in [-0.05, 0) is 67.3 Å². The van der Waals surface area contributed by atoms with Crippen LogP contribution in [0.4, 0.5) is 9.59 Å². The van der Waals surface area contributed by atoms with Gasteiger partial charge < -0.3 is 40.7 Å². The molecule has 2 aliphatic heterocycles. The Kier molecular flexibility index (Phi) is 11.2. The molecule has 14 heteroatoms. The minimum Gasteiger partial charge on any atom is -0.431 e. The molecular weight excluding hydrogens is 761 g/mol. The van der Waals surface area contributed by atoms with Crippen LogP contribution in [0.2, 0.25) is 0 Å². The summed E-state index contributed by atoms with van der Waals surface area (Å²) in [5, 5.41) is 0. The molecular formula is C46H46N8O6. The molecule has 6 aromatic rings. The summed E-state index contributed by atoms with van der Waals surface area (Å²) in [6, 6.07) is 29.6. The number of aromatic amines is 2. The quantitative estimate of drug-likeness (QED) is 0.102. The second-order valence-corrected chi connectivity index (χ2v) is 15.2. The van der Waals surface area contributed by atoms with Crippen LogP contribution in [0.1, 0.15) is 83.9 Å². The van der Waals surface area contributed by atoms with Crippen molar-refractivity contribution in [3.8, 4) is 33.6 Å². The zero-order valence-corrected chi connectivity index (χ0v) is 33.3. The molecule has 2 aromatic heterocycles. The number of hydrogen-bond acceptors (Lipinski definition) is 8. The highest BCUT2D eigenvalue weighted by molar-refractivity contribution is 5.86. The smallest absolute Gasteiger partial charge is 0.405 e. The van der Waals surface area contributed by atoms with Gasteiger partial charge in [-0.2, -0.15) is 0 Å². The van der Waals surface area contributed by atoms with E-state index in [1.165, 1.54) is 0 Å². The van der Waals surface area contributed by atoms with Crippen molar-refractivity contribution in [2.24, 2.45) is 11.5 Å². The minimum atomic E-state index is -1.15. The van der Waals surface area contributed by atoms with E-state index in [2.05, 4.69) is 53.1 Å². The van der Waals surface area contributed by atoms with Crippen molar-refractivity contribution in [2.75, 3.05) is 13.1 Å². The van der Waals surface area contributed by atoms with Gasteiger partial charge >= 0.3 is 12.2 Å². The van der Waals surface area contributed by atoms with Gasteiger partial charge in [0.15, 0.2) is 0 Å². The number of nitrogens with one attached hydrogen (secondary N) is 2. The van der Waals surface area contributed by atoms with Crippen LogP contribution >= 0.6 is 0 Å². The van der Waals surface area contributed by atoms with Gasteiger partial charge in [-0.15, -0.1) is 0 Å². The molecule has 4 amide bonds. The second-order valence-electron chi connectivity index (χ2n) is 15.2. The molecule has 306 valence electrons. The molecule has 14 nitrogen and oxygen atoms in total. The number of carbonyl (C=O) groups excluding carboxylic acids is 4. The number of nitrogens with two attached hydrogens (primary N) is 2. The van der Waals surface area contributed by atoms with Gasteiger partial charge in [0.1, 0.15) is 11.6 Å². The van der Waals surface area contributed by atoms with Crippen LogP contribution in [0.25, 0.3) is 33.6 Å². The third-order valence-corrected chi connectivity index (χ3v) is 11.6. The summed E-state index contributed by atoms with van der Waals surface area (Å²) in [5.41, 5.74) is 19.8. The summed E-state index contributed by atoms with van der Waals surface area (Å²) in [4.78, 5) is 70.9. The lowest BCUT2D eigenvalue weighted by molar-refractivity contribution is -0.142. The van der Waals surface area contributed by atoms with Crippen molar-refractivity contribution in [1.29, 1.82) is 0 Å². The van der Waals surface area contributed by atoms with E-state index in [1.54, 1.807) is 70.7 Å². The van der Waals surface area contributed by atoms with Crippen molar-refractivity contribution < 1.29 is 28.7 Å². The molecule has 4 heterocycles. The number of likely N-dealkylation sites (tertiary alicyclic amines) is 2. The molecule has 2 fully saturated rings. The number of imidazole rings is 2. The van der Waals surface area contributed by atoms with Crippen LogP contribution in [-0.4, -0.2) is 66.8 Å².